The monoisotopic (exact) mass is 305 g/mol. The maximum absolute atomic E-state index is 6.00. The maximum Gasteiger partial charge on any atom is 0.176 e. The summed E-state index contributed by atoms with van der Waals surface area (Å²) in [7, 11) is 1.68. The molecule has 1 fully saturated rings. The van der Waals surface area contributed by atoms with E-state index < -0.39 is 0 Å². The lowest BCUT2D eigenvalue weighted by atomic mass is 10.1. The predicted octanol–water partition coefficient (Wildman–Crippen LogP) is 4.38. The molecule has 1 saturated heterocycles. The standard InChI is InChI=1S/C17H23NO2S/c1-12(18-11-14-7-3-4-9-21-14)16-10-13-6-5-8-15(19-2)17(13)20-16/h5-6,8,10,12,14,18H,3-4,7,9,11H2,1-2H3. The number of hydrogen-bond acceptors (Lipinski definition) is 4. The molecule has 0 aliphatic carbocycles. The normalized spacial score (nSPS) is 20.6. The maximum atomic E-state index is 6.00. The molecule has 3 rings (SSSR count). The van der Waals surface area contributed by atoms with Gasteiger partial charge in [0, 0.05) is 17.2 Å². The second-order valence-electron chi connectivity index (χ2n) is 5.65. The Labute approximate surface area is 130 Å². The van der Waals surface area contributed by atoms with Gasteiger partial charge in [0.2, 0.25) is 0 Å². The number of rotatable bonds is 5. The van der Waals surface area contributed by atoms with Gasteiger partial charge in [-0.3, -0.25) is 0 Å². The number of fused-ring (bicyclic) bond motifs is 1. The van der Waals surface area contributed by atoms with Crippen LogP contribution in [0, 0.1) is 0 Å². The molecule has 0 amide bonds. The van der Waals surface area contributed by atoms with E-state index in [0.717, 1.165) is 34.3 Å². The number of thioether (sulfide) groups is 1. The van der Waals surface area contributed by atoms with Crippen LogP contribution in [-0.2, 0) is 0 Å². The first-order valence-corrected chi connectivity index (χ1v) is 8.74. The number of benzene rings is 1. The van der Waals surface area contributed by atoms with E-state index in [0.29, 0.717) is 0 Å². The van der Waals surface area contributed by atoms with Gasteiger partial charge in [0.15, 0.2) is 11.3 Å². The summed E-state index contributed by atoms with van der Waals surface area (Å²) in [5.41, 5.74) is 0.843. The van der Waals surface area contributed by atoms with Crippen LogP contribution in [0.3, 0.4) is 0 Å². The quantitative estimate of drug-likeness (QED) is 0.889. The molecule has 0 saturated carbocycles. The summed E-state index contributed by atoms with van der Waals surface area (Å²) in [5.74, 6) is 3.09. The number of methoxy groups -OCH3 is 1. The van der Waals surface area contributed by atoms with Crippen LogP contribution in [0.15, 0.2) is 28.7 Å². The zero-order valence-electron chi connectivity index (χ0n) is 12.7. The minimum atomic E-state index is 0.227. The summed E-state index contributed by atoms with van der Waals surface area (Å²) < 4.78 is 11.4. The van der Waals surface area contributed by atoms with E-state index in [2.05, 4.69) is 36.1 Å². The lowest BCUT2D eigenvalue weighted by molar-refractivity contribution is 0.399. The average molecular weight is 305 g/mol. The van der Waals surface area contributed by atoms with E-state index in [9.17, 15) is 0 Å². The topological polar surface area (TPSA) is 34.4 Å². The van der Waals surface area contributed by atoms with Crippen LogP contribution in [0.4, 0.5) is 0 Å². The van der Waals surface area contributed by atoms with E-state index in [-0.39, 0.29) is 6.04 Å². The van der Waals surface area contributed by atoms with Gasteiger partial charge in [-0.15, -0.1) is 0 Å². The van der Waals surface area contributed by atoms with Gasteiger partial charge in [-0.1, -0.05) is 18.6 Å². The van der Waals surface area contributed by atoms with Gasteiger partial charge in [-0.2, -0.15) is 11.8 Å². The van der Waals surface area contributed by atoms with Crippen molar-refractivity contribution in [2.75, 3.05) is 19.4 Å². The molecule has 114 valence electrons. The van der Waals surface area contributed by atoms with E-state index >= 15 is 0 Å². The first-order chi connectivity index (χ1) is 10.3. The fourth-order valence-corrected chi connectivity index (χ4v) is 4.06. The molecular formula is C17H23NO2S. The molecular weight excluding hydrogens is 282 g/mol. The Kier molecular flexibility index (Phi) is 4.76. The van der Waals surface area contributed by atoms with Crippen molar-refractivity contribution in [1.82, 2.24) is 5.32 Å². The molecule has 2 heterocycles. The van der Waals surface area contributed by atoms with Crippen molar-refractivity contribution in [1.29, 1.82) is 0 Å². The molecule has 1 N–H and O–H groups in total. The van der Waals surface area contributed by atoms with Crippen molar-refractivity contribution >= 4 is 22.7 Å². The Morgan fingerprint density at radius 3 is 3.10 bits per heavy atom. The summed E-state index contributed by atoms with van der Waals surface area (Å²) in [6.07, 6.45) is 4.08. The second-order valence-corrected chi connectivity index (χ2v) is 7.05. The summed E-state index contributed by atoms with van der Waals surface area (Å²) in [6, 6.07) is 8.34. The third kappa shape index (κ3) is 3.38. The highest BCUT2D eigenvalue weighted by Crippen LogP contribution is 2.31. The van der Waals surface area contributed by atoms with Crippen LogP contribution in [0.5, 0.6) is 5.75 Å². The Morgan fingerprint density at radius 1 is 1.43 bits per heavy atom. The van der Waals surface area contributed by atoms with Gasteiger partial charge in [0.05, 0.1) is 13.2 Å². The van der Waals surface area contributed by atoms with Gasteiger partial charge >= 0.3 is 0 Å². The molecule has 2 unspecified atom stereocenters. The lowest BCUT2D eigenvalue weighted by Crippen LogP contribution is -2.28. The fourth-order valence-electron chi connectivity index (χ4n) is 2.81. The van der Waals surface area contributed by atoms with E-state index in [1.807, 2.05) is 12.1 Å². The molecule has 1 aromatic carbocycles. The first kappa shape index (κ1) is 14.8. The fraction of sp³-hybridized carbons (Fsp3) is 0.529. The predicted molar refractivity (Wildman–Crippen MR) is 89.3 cm³/mol. The Bertz CT molecular complexity index is 589. The average Bonchev–Trinajstić information content (AvgIpc) is 2.97. The van der Waals surface area contributed by atoms with Crippen molar-refractivity contribution in [3.63, 3.8) is 0 Å². The Hall–Kier alpha value is -1.13. The summed E-state index contributed by atoms with van der Waals surface area (Å²) in [6.45, 7) is 3.22. The number of furan rings is 1. The van der Waals surface area contributed by atoms with Gasteiger partial charge in [0.25, 0.3) is 0 Å². The van der Waals surface area contributed by atoms with E-state index in [1.54, 1.807) is 7.11 Å². The molecule has 2 aromatic rings. The van der Waals surface area contributed by atoms with Gasteiger partial charge < -0.3 is 14.5 Å². The van der Waals surface area contributed by atoms with Gasteiger partial charge in [-0.05, 0) is 37.7 Å². The second kappa shape index (κ2) is 6.75. The first-order valence-electron chi connectivity index (χ1n) is 7.69. The summed E-state index contributed by atoms with van der Waals surface area (Å²) in [4.78, 5) is 0. The Balaban J connectivity index is 1.67. The molecule has 1 aromatic heterocycles. The zero-order valence-corrected chi connectivity index (χ0v) is 13.5. The van der Waals surface area contributed by atoms with Crippen molar-refractivity contribution < 1.29 is 9.15 Å². The number of hydrogen-bond donors (Lipinski definition) is 1. The largest absolute Gasteiger partial charge is 0.493 e. The molecule has 0 radical (unpaired) electrons. The highest BCUT2D eigenvalue weighted by Gasteiger charge is 2.17. The number of nitrogens with one attached hydrogen (secondary N) is 1. The van der Waals surface area contributed by atoms with Crippen molar-refractivity contribution in [3.8, 4) is 5.75 Å². The van der Waals surface area contributed by atoms with Crippen molar-refractivity contribution in [2.24, 2.45) is 0 Å². The van der Waals surface area contributed by atoms with Crippen molar-refractivity contribution in [3.05, 3.63) is 30.0 Å². The number of ether oxygens (including phenoxy) is 1. The van der Waals surface area contributed by atoms with E-state index in [4.69, 9.17) is 9.15 Å². The number of para-hydroxylation sites is 1. The summed E-state index contributed by atoms with van der Waals surface area (Å²) >= 11 is 2.10. The van der Waals surface area contributed by atoms with Crippen molar-refractivity contribution in [2.45, 2.75) is 37.5 Å². The smallest absolute Gasteiger partial charge is 0.176 e. The third-order valence-corrected chi connectivity index (χ3v) is 5.50. The molecule has 1 aliphatic rings. The summed E-state index contributed by atoms with van der Waals surface area (Å²) in [5, 5.41) is 5.46. The molecule has 0 bridgehead atoms. The molecule has 1 aliphatic heterocycles. The molecule has 21 heavy (non-hydrogen) atoms. The van der Waals surface area contributed by atoms with Crippen LogP contribution in [0.1, 0.15) is 38.0 Å². The zero-order chi connectivity index (χ0) is 14.7. The van der Waals surface area contributed by atoms with Crippen LogP contribution < -0.4 is 10.1 Å². The van der Waals surface area contributed by atoms with Crippen LogP contribution in [0.2, 0.25) is 0 Å². The molecule has 0 spiro atoms. The minimum absolute atomic E-state index is 0.227. The lowest BCUT2D eigenvalue weighted by Gasteiger charge is -2.23. The van der Waals surface area contributed by atoms with Crippen LogP contribution in [-0.4, -0.2) is 24.7 Å². The van der Waals surface area contributed by atoms with E-state index in [1.165, 1.54) is 25.0 Å². The molecule has 4 heteroatoms. The van der Waals surface area contributed by atoms with Crippen LogP contribution >= 0.6 is 11.8 Å². The molecule has 3 nitrogen and oxygen atoms in total. The minimum Gasteiger partial charge on any atom is -0.493 e. The highest BCUT2D eigenvalue weighted by atomic mass is 32.2. The molecule has 2 atom stereocenters. The van der Waals surface area contributed by atoms with Gasteiger partial charge in [0.1, 0.15) is 5.76 Å². The van der Waals surface area contributed by atoms with Gasteiger partial charge in [-0.25, -0.2) is 0 Å². The highest BCUT2D eigenvalue weighted by molar-refractivity contribution is 7.99. The Morgan fingerprint density at radius 2 is 2.33 bits per heavy atom. The SMILES string of the molecule is COc1cccc2cc(C(C)NCC3CCCCS3)oc12. The van der Waals surface area contributed by atoms with Crippen LogP contribution in [0.25, 0.3) is 11.0 Å². The third-order valence-electron chi connectivity index (χ3n) is 4.10.